The van der Waals surface area contributed by atoms with Crippen LogP contribution in [-0.2, 0) is 0 Å². The first-order chi connectivity index (χ1) is 10.1. The van der Waals surface area contributed by atoms with E-state index >= 15 is 0 Å². The number of rotatable bonds is 5. The fourth-order valence-corrected chi connectivity index (χ4v) is 1.34. The Morgan fingerprint density at radius 1 is 0.952 bits per heavy atom. The van der Waals surface area contributed by atoms with E-state index in [-0.39, 0.29) is 17.2 Å². The number of non-ortho nitro benzene ring substituents is 1. The molecule has 0 saturated heterocycles. The minimum atomic E-state index is -0.566. The summed E-state index contributed by atoms with van der Waals surface area (Å²) >= 11 is 0. The first kappa shape index (κ1) is 14.0. The first-order valence-corrected chi connectivity index (χ1v) is 5.58. The summed E-state index contributed by atoms with van der Waals surface area (Å²) in [5.41, 5.74) is 2.89. The molecule has 0 atom stereocenters. The van der Waals surface area contributed by atoms with E-state index in [0.717, 1.165) is 6.20 Å². The molecule has 0 saturated carbocycles. The highest BCUT2D eigenvalue weighted by Crippen LogP contribution is 2.17. The molecule has 0 fully saturated rings. The molecule has 0 unspecified atom stereocenters. The predicted molar refractivity (Wildman–Crippen MR) is 72.1 cm³/mol. The zero-order valence-corrected chi connectivity index (χ0v) is 10.4. The summed E-state index contributed by atoms with van der Waals surface area (Å²) in [6, 6.07) is 8.19. The summed E-state index contributed by atoms with van der Waals surface area (Å²) in [5, 5.41) is 28.3. The molecule has 10 nitrogen and oxygen atoms in total. The molecule has 0 aliphatic heterocycles. The van der Waals surface area contributed by atoms with Gasteiger partial charge in [-0.25, -0.2) is 4.98 Å². The van der Waals surface area contributed by atoms with Crippen molar-refractivity contribution in [3.05, 3.63) is 62.8 Å². The molecule has 0 aliphatic carbocycles. The molecule has 1 heterocycles. The summed E-state index contributed by atoms with van der Waals surface area (Å²) in [5.74, 6) is 0.190. The highest BCUT2D eigenvalue weighted by Gasteiger charge is 2.05. The number of hydrogen-bond donors (Lipinski definition) is 1. The average Bonchev–Trinajstić information content (AvgIpc) is 2.48. The zero-order chi connectivity index (χ0) is 15.2. The van der Waals surface area contributed by atoms with Gasteiger partial charge in [0.1, 0.15) is 6.20 Å². The molecule has 1 N–H and O–H groups in total. The maximum atomic E-state index is 10.5. The Morgan fingerprint density at radius 3 is 2.10 bits per heavy atom. The van der Waals surface area contributed by atoms with Gasteiger partial charge in [-0.3, -0.25) is 25.7 Å². The number of nitrogens with one attached hydrogen (secondary N) is 1. The van der Waals surface area contributed by atoms with Gasteiger partial charge < -0.3 is 0 Å². The highest BCUT2D eigenvalue weighted by molar-refractivity contribution is 5.47. The minimum Gasteiger partial charge on any atom is -0.260 e. The molecule has 0 aliphatic rings. The lowest BCUT2D eigenvalue weighted by Gasteiger charge is -1.98. The molecule has 1 aromatic heterocycles. The van der Waals surface area contributed by atoms with Gasteiger partial charge in [-0.2, -0.15) is 0 Å². The summed E-state index contributed by atoms with van der Waals surface area (Å²) in [7, 11) is 0. The number of nitrogens with zero attached hydrogens (tertiary/aromatic N) is 5. The van der Waals surface area contributed by atoms with E-state index in [1.54, 1.807) is 0 Å². The van der Waals surface area contributed by atoms with Crippen LogP contribution in [-0.4, -0.2) is 14.8 Å². The Balaban J connectivity index is 1.98. The molecule has 21 heavy (non-hydrogen) atoms. The summed E-state index contributed by atoms with van der Waals surface area (Å²) in [6.07, 6.45) is 1.07. The normalized spacial score (nSPS) is 10.5. The molecule has 2 rings (SSSR count). The van der Waals surface area contributed by atoms with E-state index in [4.69, 9.17) is 0 Å². The summed E-state index contributed by atoms with van der Waals surface area (Å²) < 4.78 is 0. The van der Waals surface area contributed by atoms with Gasteiger partial charge >= 0.3 is 0 Å². The third-order valence-electron chi connectivity index (χ3n) is 2.35. The predicted octanol–water partition coefficient (Wildman–Crippen LogP) is 3.01. The number of hydrogen-bond acceptors (Lipinski definition) is 7. The monoisotopic (exact) mass is 288 g/mol. The molecular weight excluding hydrogens is 280 g/mol. The molecule has 0 radical (unpaired) electrons. The van der Waals surface area contributed by atoms with E-state index in [1.165, 1.54) is 36.4 Å². The van der Waals surface area contributed by atoms with E-state index in [2.05, 4.69) is 20.7 Å². The van der Waals surface area contributed by atoms with Gasteiger partial charge in [0.15, 0.2) is 5.82 Å². The van der Waals surface area contributed by atoms with Crippen molar-refractivity contribution in [2.75, 3.05) is 5.43 Å². The molecule has 0 bridgehead atoms. The average molecular weight is 288 g/mol. The lowest BCUT2D eigenvalue weighted by atomic mass is 10.3. The number of nitro benzene ring substituents is 1. The van der Waals surface area contributed by atoms with Gasteiger partial charge in [-0.15, -0.1) is 5.11 Å². The van der Waals surface area contributed by atoms with Crippen LogP contribution >= 0.6 is 0 Å². The first-order valence-electron chi connectivity index (χ1n) is 5.58. The quantitative estimate of drug-likeness (QED) is 0.510. The number of nitro groups is 2. The maximum absolute atomic E-state index is 10.5. The van der Waals surface area contributed by atoms with Gasteiger partial charge in [-0.1, -0.05) is 5.22 Å². The van der Waals surface area contributed by atoms with Crippen LogP contribution in [0.3, 0.4) is 0 Å². The van der Waals surface area contributed by atoms with Gasteiger partial charge in [0.05, 0.1) is 15.5 Å². The number of pyridine rings is 1. The smallest absolute Gasteiger partial charge is 0.260 e. The van der Waals surface area contributed by atoms with Crippen LogP contribution in [0.1, 0.15) is 0 Å². The van der Waals surface area contributed by atoms with Crippen LogP contribution in [0.5, 0.6) is 0 Å². The third kappa shape index (κ3) is 3.76. The van der Waals surface area contributed by atoms with Crippen LogP contribution in [0.4, 0.5) is 22.9 Å². The second-order valence-corrected chi connectivity index (χ2v) is 3.75. The minimum absolute atomic E-state index is 0.0328. The number of aromatic nitrogens is 1. The molecule has 106 valence electrons. The van der Waals surface area contributed by atoms with E-state index in [1.807, 2.05) is 0 Å². The number of anilines is 1. The van der Waals surface area contributed by atoms with Crippen LogP contribution in [0, 0.1) is 20.2 Å². The van der Waals surface area contributed by atoms with Crippen LogP contribution in [0.15, 0.2) is 52.9 Å². The SMILES string of the molecule is O=[N+]([O-])c1ccc(NN=Nc2ccc([N+](=O)[O-])cn2)cc1. The van der Waals surface area contributed by atoms with Crippen molar-refractivity contribution >= 4 is 22.9 Å². The summed E-state index contributed by atoms with van der Waals surface area (Å²) in [6.45, 7) is 0. The fourth-order valence-electron chi connectivity index (χ4n) is 1.34. The second-order valence-electron chi connectivity index (χ2n) is 3.75. The van der Waals surface area contributed by atoms with Crippen molar-refractivity contribution in [2.24, 2.45) is 10.3 Å². The molecule has 2 aromatic rings. The standard InChI is InChI=1S/C11H8N6O4/c18-16(19)9-3-1-8(2-4-9)13-15-14-11-6-5-10(7-12-11)17(20)21/h1-7H,(H,12,13,14). The Bertz CT molecular complexity index is 683. The van der Waals surface area contributed by atoms with Gasteiger partial charge in [0.25, 0.3) is 11.4 Å². The fraction of sp³-hybridized carbons (Fsp3) is 0. The van der Waals surface area contributed by atoms with Crippen molar-refractivity contribution in [1.29, 1.82) is 0 Å². The van der Waals surface area contributed by atoms with Crippen LogP contribution in [0.25, 0.3) is 0 Å². The third-order valence-corrected chi connectivity index (χ3v) is 2.35. The van der Waals surface area contributed by atoms with Crippen LogP contribution < -0.4 is 5.43 Å². The van der Waals surface area contributed by atoms with Crippen molar-refractivity contribution in [2.45, 2.75) is 0 Å². The van der Waals surface area contributed by atoms with Crippen molar-refractivity contribution in [3.63, 3.8) is 0 Å². The lowest BCUT2D eigenvalue weighted by molar-refractivity contribution is -0.385. The Kier molecular flexibility index (Phi) is 4.09. The molecule has 10 heteroatoms. The number of benzene rings is 1. The summed E-state index contributed by atoms with van der Waals surface area (Å²) in [4.78, 5) is 23.6. The second kappa shape index (κ2) is 6.14. The van der Waals surface area contributed by atoms with Gasteiger partial charge in [0, 0.05) is 18.2 Å². The van der Waals surface area contributed by atoms with Gasteiger partial charge in [0.2, 0.25) is 0 Å². The highest BCUT2D eigenvalue weighted by atomic mass is 16.6. The van der Waals surface area contributed by atoms with Crippen molar-refractivity contribution in [1.82, 2.24) is 4.98 Å². The van der Waals surface area contributed by atoms with Crippen LogP contribution in [0.2, 0.25) is 0 Å². The Morgan fingerprint density at radius 2 is 1.57 bits per heavy atom. The zero-order valence-electron chi connectivity index (χ0n) is 10.4. The van der Waals surface area contributed by atoms with E-state index in [0.29, 0.717) is 5.69 Å². The largest absolute Gasteiger partial charge is 0.287 e. The Labute approximate surface area is 117 Å². The molecular formula is C11H8N6O4. The van der Waals surface area contributed by atoms with E-state index in [9.17, 15) is 20.2 Å². The molecule has 1 aromatic carbocycles. The Hall–Kier alpha value is -3.43. The van der Waals surface area contributed by atoms with Crippen molar-refractivity contribution in [3.8, 4) is 0 Å². The van der Waals surface area contributed by atoms with E-state index < -0.39 is 9.85 Å². The molecule has 0 amide bonds. The topological polar surface area (TPSA) is 136 Å². The maximum Gasteiger partial charge on any atom is 0.287 e. The van der Waals surface area contributed by atoms with Gasteiger partial charge in [-0.05, 0) is 18.2 Å². The molecule has 0 spiro atoms. The lowest BCUT2D eigenvalue weighted by Crippen LogP contribution is -1.90. The van der Waals surface area contributed by atoms with Crippen molar-refractivity contribution < 1.29 is 9.85 Å².